The van der Waals surface area contributed by atoms with Crippen molar-refractivity contribution in [2.45, 2.75) is 0 Å². The second-order valence-corrected chi connectivity index (χ2v) is 4.85. The summed E-state index contributed by atoms with van der Waals surface area (Å²) in [6, 6.07) is 10.8. The number of aromatic amines is 1. The van der Waals surface area contributed by atoms with Gasteiger partial charge in [0.15, 0.2) is 0 Å². The van der Waals surface area contributed by atoms with Gasteiger partial charge in [-0.2, -0.15) is 0 Å². The number of benzene rings is 2. The largest absolute Gasteiger partial charge is 0.398 e. The molecule has 0 radical (unpaired) electrons. The molecular weight excluding hydrogens is 269 g/mol. The Balaban J connectivity index is 2.19. The molecule has 2 aromatic carbocycles. The molecule has 1 heterocycles. The van der Waals surface area contributed by atoms with E-state index in [2.05, 4.69) is 9.97 Å². The van der Waals surface area contributed by atoms with Gasteiger partial charge in [0.1, 0.15) is 5.82 Å². The van der Waals surface area contributed by atoms with Crippen molar-refractivity contribution >= 4 is 39.9 Å². The average Bonchev–Trinajstić information content (AvgIpc) is 2.71. The predicted octanol–water partition coefficient (Wildman–Crippen LogP) is 4.12. The number of rotatable bonds is 1. The smallest absolute Gasteiger partial charge is 0.140 e. The van der Waals surface area contributed by atoms with E-state index in [1.54, 1.807) is 18.2 Å². The maximum atomic E-state index is 5.94. The van der Waals surface area contributed by atoms with Crippen molar-refractivity contribution in [3.63, 3.8) is 0 Å². The quantitative estimate of drug-likeness (QED) is 0.658. The van der Waals surface area contributed by atoms with Crippen LogP contribution in [0.3, 0.4) is 0 Å². The second-order valence-electron chi connectivity index (χ2n) is 3.98. The van der Waals surface area contributed by atoms with Crippen molar-refractivity contribution in [3.8, 4) is 11.4 Å². The van der Waals surface area contributed by atoms with E-state index in [-0.39, 0.29) is 0 Å². The number of halogens is 2. The summed E-state index contributed by atoms with van der Waals surface area (Å²) in [7, 11) is 0. The standard InChI is InChI=1S/C13H9Cl2N3/c14-7-1-3-9(10(16)5-7)13-17-11-4-2-8(15)6-12(11)18-13/h1-6H,16H2,(H,17,18). The van der Waals surface area contributed by atoms with Crippen LogP contribution in [0.25, 0.3) is 22.4 Å². The molecule has 0 aliphatic rings. The first-order valence-electron chi connectivity index (χ1n) is 5.34. The van der Waals surface area contributed by atoms with Crippen molar-refractivity contribution in [2.24, 2.45) is 0 Å². The number of imidazole rings is 1. The van der Waals surface area contributed by atoms with Crippen LogP contribution in [0, 0.1) is 0 Å². The fourth-order valence-electron chi connectivity index (χ4n) is 1.86. The number of fused-ring (bicyclic) bond motifs is 1. The van der Waals surface area contributed by atoms with Gasteiger partial charge >= 0.3 is 0 Å². The topological polar surface area (TPSA) is 54.7 Å². The first kappa shape index (κ1) is 11.4. The highest BCUT2D eigenvalue weighted by Crippen LogP contribution is 2.28. The third-order valence-electron chi connectivity index (χ3n) is 2.71. The van der Waals surface area contributed by atoms with Crippen LogP contribution in [-0.2, 0) is 0 Å². The van der Waals surface area contributed by atoms with Crippen molar-refractivity contribution < 1.29 is 0 Å². The van der Waals surface area contributed by atoms with E-state index >= 15 is 0 Å². The summed E-state index contributed by atoms with van der Waals surface area (Å²) >= 11 is 11.8. The third-order valence-corrected chi connectivity index (χ3v) is 3.18. The molecule has 0 aliphatic heterocycles. The van der Waals surface area contributed by atoms with Gasteiger partial charge in [0.25, 0.3) is 0 Å². The number of nitrogens with two attached hydrogens (primary N) is 1. The Morgan fingerprint density at radius 2 is 1.72 bits per heavy atom. The van der Waals surface area contributed by atoms with Crippen LogP contribution in [0.2, 0.25) is 10.0 Å². The van der Waals surface area contributed by atoms with Gasteiger partial charge in [-0.1, -0.05) is 23.2 Å². The van der Waals surface area contributed by atoms with E-state index in [0.717, 1.165) is 16.6 Å². The fourth-order valence-corrected chi connectivity index (χ4v) is 2.21. The summed E-state index contributed by atoms with van der Waals surface area (Å²) in [4.78, 5) is 7.67. The lowest BCUT2D eigenvalue weighted by molar-refractivity contribution is 1.34. The van der Waals surface area contributed by atoms with Crippen LogP contribution >= 0.6 is 23.2 Å². The number of nitrogens with zero attached hydrogens (tertiary/aromatic N) is 1. The summed E-state index contributed by atoms with van der Waals surface area (Å²) < 4.78 is 0. The summed E-state index contributed by atoms with van der Waals surface area (Å²) in [5.74, 6) is 0.710. The number of hydrogen-bond acceptors (Lipinski definition) is 2. The Labute approximate surface area is 114 Å². The first-order chi connectivity index (χ1) is 8.63. The van der Waals surface area contributed by atoms with Crippen LogP contribution in [0.4, 0.5) is 5.69 Å². The molecule has 3 nitrogen and oxygen atoms in total. The lowest BCUT2D eigenvalue weighted by atomic mass is 10.2. The molecule has 90 valence electrons. The van der Waals surface area contributed by atoms with E-state index in [1.807, 2.05) is 18.2 Å². The number of nitrogen functional groups attached to an aromatic ring is 1. The number of H-pyrrole nitrogens is 1. The third kappa shape index (κ3) is 1.92. The van der Waals surface area contributed by atoms with Gasteiger partial charge in [-0.05, 0) is 36.4 Å². The van der Waals surface area contributed by atoms with Gasteiger partial charge in [-0.25, -0.2) is 4.98 Å². The lowest BCUT2D eigenvalue weighted by Gasteiger charge is -2.02. The molecule has 5 heteroatoms. The van der Waals surface area contributed by atoms with Crippen LogP contribution in [-0.4, -0.2) is 9.97 Å². The molecule has 0 saturated heterocycles. The Hall–Kier alpha value is -1.71. The van der Waals surface area contributed by atoms with E-state index in [4.69, 9.17) is 28.9 Å². The molecule has 0 atom stereocenters. The molecule has 3 aromatic rings. The van der Waals surface area contributed by atoms with Gasteiger partial charge in [-0.3, -0.25) is 0 Å². The van der Waals surface area contributed by atoms with Gasteiger partial charge in [0.2, 0.25) is 0 Å². The zero-order chi connectivity index (χ0) is 12.7. The van der Waals surface area contributed by atoms with E-state index in [1.165, 1.54) is 0 Å². The van der Waals surface area contributed by atoms with Crippen LogP contribution in [0.1, 0.15) is 0 Å². The molecule has 18 heavy (non-hydrogen) atoms. The molecule has 3 rings (SSSR count). The number of hydrogen-bond donors (Lipinski definition) is 2. The highest BCUT2D eigenvalue weighted by atomic mass is 35.5. The number of anilines is 1. The molecule has 0 saturated carbocycles. The Morgan fingerprint density at radius 3 is 2.50 bits per heavy atom. The van der Waals surface area contributed by atoms with Crippen molar-refractivity contribution in [2.75, 3.05) is 5.73 Å². The summed E-state index contributed by atoms with van der Waals surface area (Å²) in [5.41, 5.74) is 9.08. The average molecular weight is 278 g/mol. The minimum absolute atomic E-state index is 0.590. The molecule has 0 fully saturated rings. The molecule has 0 bridgehead atoms. The number of aromatic nitrogens is 2. The Bertz CT molecular complexity index is 734. The normalized spacial score (nSPS) is 11.0. The SMILES string of the molecule is Nc1cc(Cl)ccc1-c1nc2ccc(Cl)cc2[nH]1. The van der Waals surface area contributed by atoms with Gasteiger partial charge in [-0.15, -0.1) is 0 Å². The van der Waals surface area contributed by atoms with E-state index < -0.39 is 0 Å². The summed E-state index contributed by atoms with van der Waals surface area (Å²) in [6.45, 7) is 0. The molecule has 0 amide bonds. The maximum absolute atomic E-state index is 5.94. The fraction of sp³-hybridized carbons (Fsp3) is 0. The first-order valence-corrected chi connectivity index (χ1v) is 6.10. The highest BCUT2D eigenvalue weighted by molar-refractivity contribution is 6.31. The van der Waals surface area contributed by atoms with Crippen LogP contribution in [0.15, 0.2) is 36.4 Å². The van der Waals surface area contributed by atoms with Gasteiger partial charge in [0, 0.05) is 21.3 Å². The van der Waals surface area contributed by atoms with Crippen molar-refractivity contribution in [1.82, 2.24) is 9.97 Å². The minimum atomic E-state index is 0.590. The monoisotopic (exact) mass is 277 g/mol. The zero-order valence-electron chi connectivity index (χ0n) is 9.24. The molecule has 0 spiro atoms. The molecule has 0 aliphatic carbocycles. The summed E-state index contributed by atoms with van der Waals surface area (Å²) in [5, 5.41) is 1.28. The Morgan fingerprint density at radius 1 is 1.00 bits per heavy atom. The molecule has 0 unspecified atom stereocenters. The predicted molar refractivity (Wildman–Crippen MR) is 76.0 cm³/mol. The number of nitrogens with one attached hydrogen (secondary N) is 1. The summed E-state index contributed by atoms with van der Waals surface area (Å²) in [6.07, 6.45) is 0. The van der Waals surface area contributed by atoms with Crippen molar-refractivity contribution in [1.29, 1.82) is 0 Å². The molecular formula is C13H9Cl2N3. The van der Waals surface area contributed by atoms with Gasteiger partial charge in [0.05, 0.1) is 11.0 Å². The highest BCUT2D eigenvalue weighted by Gasteiger charge is 2.08. The zero-order valence-corrected chi connectivity index (χ0v) is 10.8. The molecule has 1 aromatic heterocycles. The lowest BCUT2D eigenvalue weighted by Crippen LogP contribution is -1.90. The minimum Gasteiger partial charge on any atom is -0.398 e. The maximum Gasteiger partial charge on any atom is 0.140 e. The molecule has 3 N–H and O–H groups in total. The van der Waals surface area contributed by atoms with Gasteiger partial charge < -0.3 is 10.7 Å². The second kappa shape index (κ2) is 4.19. The van der Waals surface area contributed by atoms with Crippen LogP contribution < -0.4 is 5.73 Å². The van der Waals surface area contributed by atoms with E-state index in [0.29, 0.717) is 21.6 Å². The van der Waals surface area contributed by atoms with E-state index in [9.17, 15) is 0 Å². The van der Waals surface area contributed by atoms with Crippen LogP contribution in [0.5, 0.6) is 0 Å². The van der Waals surface area contributed by atoms with Crippen molar-refractivity contribution in [3.05, 3.63) is 46.4 Å². The Kier molecular flexibility index (Phi) is 2.65.